The third-order valence-electron chi connectivity index (χ3n) is 4.28. The predicted molar refractivity (Wildman–Crippen MR) is 104 cm³/mol. The lowest BCUT2D eigenvalue weighted by molar-refractivity contribution is 0.601. The first-order chi connectivity index (χ1) is 12.7. The van der Waals surface area contributed by atoms with E-state index in [-0.39, 0.29) is 4.90 Å². The van der Waals surface area contributed by atoms with Crippen LogP contribution >= 0.6 is 11.6 Å². The molecule has 142 valence electrons. The van der Waals surface area contributed by atoms with Crippen molar-refractivity contribution in [1.82, 2.24) is 9.78 Å². The molecule has 0 radical (unpaired) electrons. The topological polar surface area (TPSA) is 64.0 Å². The Hall–Kier alpha value is -2.38. The van der Waals surface area contributed by atoms with Gasteiger partial charge in [0.1, 0.15) is 5.82 Å². The average Bonchev–Trinajstić information content (AvgIpc) is 2.85. The summed E-state index contributed by atoms with van der Waals surface area (Å²) < 4.78 is 42.8. The number of nitrogens with zero attached hydrogens (tertiary/aromatic N) is 2. The summed E-state index contributed by atoms with van der Waals surface area (Å²) in [6.45, 7) is 5.69. The Kier molecular flexibility index (Phi) is 5.26. The molecule has 5 nitrogen and oxygen atoms in total. The highest BCUT2D eigenvalue weighted by Crippen LogP contribution is 2.25. The molecule has 3 rings (SSSR count). The van der Waals surface area contributed by atoms with E-state index in [4.69, 9.17) is 11.6 Å². The van der Waals surface area contributed by atoms with Crippen molar-refractivity contribution < 1.29 is 12.8 Å². The van der Waals surface area contributed by atoms with Crippen LogP contribution in [0.4, 0.5) is 10.1 Å². The molecule has 0 aliphatic heterocycles. The Morgan fingerprint density at radius 1 is 1.11 bits per heavy atom. The Labute approximate surface area is 162 Å². The van der Waals surface area contributed by atoms with Gasteiger partial charge < -0.3 is 0 Å². The lowest BCUT2D eigenvalue weighted by Gasteiger charge is -2.10. The molecule has 0 saturated heterocycles. The Bertz CT molecular complexity index is 1090. The molecule has 0 bridgehead atoms. The van der Waals surface area contributed by atoms with Crippen molar-refractivity contribution in [3.63, 3.8) is 0 Å². The summed E-state index contributed by atoms with van der Waals surface area (Å²) in [5, 5.41) is 4.69. The Morgan fingerprint density at radius 2 is 1.78 bits per heavy atom. The van der Waals surface area contributed by atoms with Crippen LogP contribution in [-0.4, -0.2) is 18.2 Å². The minimum atomic E-state index is -3.73. The summed E-state index contributed by atoms with van der Waals surface area (Å²) in [6, 6.07) is 10.8. The third kappa shape index (κ3) is 4.14. The summed E-state index contributed by atoms with van der Waals surface area (Å²) >= 11 is 6.08. The van der Waals surface area contributed by atoms with Crippen LogP contribution in [0.5, 0.6) is 0 Å². The van der Waals surface area contributed by atoms with E-state index in [1.54, 1.807) is 48.9 Å². The number of anilines is 1. The maximum atomic E-state index is 13.2. The molecule has 0 fully saturated rings. The Balaban J connectivity index is 1.90. The van der Waals surface area contributed by atoms with Gasteiger partial charge >= 0.3 is 0 Å². The van der Waals surface area contributed by atoms with Crippen LogP contribution in [0, 0.1) is 26.6 Å². The van der Waals surface area contributed by atoms with Gasteiger partial charge in [-0.2, -0.15) is 5.10 Å². The zero-order valence-corrected chi connectivity index (χ0v) is 16.7. The first-order valence-corrected chi connectivity index (χ1v) is 10.1. The fourth-order valence-electron chi connectivity index (χ4n) is 2.72. The molecule has 0 spiro atoms. The number of halogens is 2. The van der Waals surface area contributed by atoms with Crippen molar-refractivity contribution >= 4 is 27.3 Å². The molecule has 1 N–H and O–H groups in total. The number of nitrogens with one attached hydrogen (secondary N) is 1. The summed E-state index contributed by atoms with van der Waals surface area (Å²) in [4.78, 5) is 0.182. The molecule has 3 aromatic rings. The number of aromatic nitrogens is 2. The SMILES string of the molecule is Cc1ccc(S(=O)(=O)Nc2c(C)nn(Cc3ccc(F)cc3Cl)c2C)cc1. The molecule has 0 atom stereocenters. The monoisotopic (exact) mass is 407 g/mol. The molecule has 1 aromatic heterocycles. The smallest absolute Gasteiger partial charge is 0.262 e. The van der Waals surface area contributed by atoms with Gasteiger partial charge in [0.2, 0.25) is 0 Å². The van der Waals surface area contributed by atoms with Crippen LogP contribution in [0.2, 0.25) is 5.02 Å². The van der Waals surface area contributed by atoms with Crippen molar-refractivity contribution in [1.29, 1.82) is 0 Å². The van der Waals surface area contributed by atoms with Gasteiger partial charge in [-0.3, -0.25) is 9.40 Å². The zero-order valence-electron chi connectivity index (χ0n) is 15.1. The number of hydrogen-bond acceptors (Lipinski definition) is 3. The maximum absolute atomic E-state index is 13.2. The highest BCUT2D eigenvalue weighted by Gasteiger charge is 2.20. The summed E-state index contributed by atoms with van der Waals surface area (Å²) in [6.07, 6.45) is 0. The van der Waals surface area contributed by atoms with Gasteiger partial charge in [-0.15, -0.1) is 0 Å². The van der Waals surface area contributed by atoms with Crippen LogP contribution < -0.4 is 4.72 Å². The zero-order chi connectivity index (χ0) is 19.8. The molecule has 0 aliphatic carbocycles. The van der Waals surface area contributed by atoms with E-state index < -0.39 is 15.8 Å². The van der Waals surface area contributed by atoms with Gasteiger partial charge in [-0.25, -0.2) is 12.8 Å². The van der Waals surface area contributed by atoms with E-state index in [1.807, 2.05) is 6.92 Å². The number of aryl methyl sites for hydroxylation is 2. The van der Waals surface area contributed by atoms with E-state index in [9.17, 15) is 12.8 Å². The van der Waals surface area contributed by atoms with E-state index in [0.717, 1.165) is 5.56 Å². The average molecular weight is 408 g/mol. The third-order valence-corrected chi connectivity index (χ3v) is 6.00. The number of hydrogen-bond donors (Lipinski definition) is 1. The highest BCUT2D eigenvalue weighted by molar-refractivity contribution is 7.92. The molecule has 0 unspecified atom stereocenters. The lowest BCUT2D eigenvalue weighted by atomic mass is 10.2. The molecule has 0 aliphatic rings. The lowest BCUT2D eigenvalue weighted by Crippen LogP contribution is -2.14. The molecule has 0 saturated carbocycles. The molecular formula is C19H19ClFN3O2S. The van der Waals surface area contributed by atoms with Crippen molar-refractivity contribution in [3.8, 4) is 0 Å². The molecule has 1 heterocycles. The fourth-order valence-corrected chi connectivity index (χ4v) is 4.12. The van der Waals surface area contributed by atoms with Crippen molar-refractivity contribution in [2.75, 3.05) is 4.72 Å². The minimum Gasteiger partial charge on any atom is -0.276 e. The second-order valence-electron chi connectivity index (χ2n) is 6.36. The first kappa shape index (κ1) is 19.4. The second kappa shape index (κ2) is 7.32. The maximum Gasteiger partial charge on any atom is 0.262 e. The van der Waals surface area contributed by atoms with E-state index in [2.05, 4.69) is 9.82 Å². The molecule has 27 heavy (non-hydrogen) atoms. The van der Waals surface area contributed by atoms with Gasteiger partial charge in [0.15, 0.2) is 0 Å². The van der Waals surface area contributed by atoms with Crippen molar-refractivity contribution in [2.45, 2.75) is 32.2 Å². The molecule has 2 aromatic carbocycles. The normalized spacial score (nSPS) is 11.6. The summed E-state index contributed by atoms with van der Waals surface area (Å²) in [5.74, 6) is -0.413. The first-order valence-electron chi connectivity index (χ1n) is 8.25. The molecular weight excluding hydrogens is 389 g/mol. The summed E-state index contributed by atoms with van der Waals surface area (Å²) in [7, 11) is -3.73. The highest BCUT2D eigenvalue weighted by atomic mass is 35.5. The van der Waals surface area contributed by atoms with E-state index in [0.29, 0.717) is 34.2 Å². The van der Waals surface area contributed by atoms with Crippen molar-refractivity contribution in [3.05, 3.63) is 75.8 Å². The quantitative estimate of drug-likeness (QED) is 0.679. The van der Waals surface area contributed by atoms with E-state index in [1.165, 1.54) is 12.1 Å². The minimum absolute atomic E-state index is 0.182. The van der Waals surface area contributed by atoms with Crippen LogP contribution in [0.1, 0.15) is 22.5 Å². The standard InChI is InChI=1S/C19H19ClFN3O2S/c1-12-4-8-17(9-5-12)27(25,26)23-19-13(2)22-24(14(19)3)11-15-6-7-16(21)10-18(15)20/h4-10,23H,11H2,1-3H3. The van der Waals surface area contributed by atoms with Gasteiger partial charge in [-0.05, 0) is 50.6 Å². The van der Waals surface area contributed by atoms with Crippen molar-refractivity contribution in [2.24, 2.45) is 0 Å². The second-order valence-corrected chi connectivity index (χ2v) is 8.45. The largest absolute Gasteiger partial charge is 0.276 e. The van der Waals surface area contributed by atoms with E-state index >= 15 is 0 Å². The van der Waals surface area contributed by atoms with Crippen LogP contribution in [0.15, 0.2) is 47.4 Å². The molecule has 8 heteroatoms. The number of sulfonamides is 1. The van der Waals surface area contributed by atoms with Gasteiger partial charge in [-0.1, -0.05) is 35.4 Å². The predicted octanol–water partition coefficient (Wildman–Crippen LogP) is 4.45. The molecule has 0 amide bonds. The number of benzene rings is 2. The van der Waals surface area contributed by atoms with Crippen LogP contribution in [0.25, 0.3) is 0 Å². The van der Waals surface area contributed by atoms with Crippen LogP contribution in [0.3, 0.4) is 0 Å². The Morgan fingerprint density at radius 3 is 2.41 bits per heavy atom. The summed E-state index contributed by atoms with van der Waals surface area (Å²) in [5.41, 5.74) is 3.28. The van der Waals surface area contributed by atoms with Gasteiger partial charge in [0.05, 0.1) is 28.5 Å². The van der Waals surface area contributed by atoms with Gasteiger partial charge in [0, 0.05) is 5.02 Å². The number of rotatable bonds is 5. The van der Waals surface area contributed by atoms with Crippen LogP contribution in [-0.2, 0) is 16.6 Å². The fraction of sp³-hybridized carbons (Fsp3) is 0.211. The van der Waals surface area contributed by atoms with Gasteiger partial charge in [0.25, 0.3) is 10.0 Å².